The molecule has 1 aliphatic heterocycles. The van der Waals surface area contributed by atoms with E-state index in [0.29, 0.717) is 19.3 Å². The molecule has 9 atom stereocenters. The van der Waals surface area contributed by atoms with Crippen LogP contribution in [0.3, 0.4) is 0 Å². The minimum atomic E-state index is -1.68. The summed E-state index contributed by atoms with van der Waals surface area (Å²) in [6.45, 7) is 3.41. The van der Waals surface area contributed by atoms with Crippen LogP contribution in [0.25, 0.3) is 0 Å². The van der Waals surface area contributed by atoms with Gasteiger partial charge in [0.05, 0.1) is 25.4 Å². The van der Waals surface area contributed by atoms with Gasteiger partial charge in [-0.15, -0.1) is 0 Å². The molecule has 11 heteroatoms. The Balaban J connectivity index is 2.29. The summed E-state index contributed by atoms with van der Waals surface area (Å²) in [6, 6.07) is -1.20. The van der Waals surface area contributed by atoms with Crippen molar-refractivity contribution in [2.75, 3.05) is 13.2 Å². The molecule has 0 aromatic heterocycles. The highest BCUT2D eigenvalue weighted by atomic mass is 16.7. The third-order valence-electron chi connectivity index (χ3n) is 14.5. The predicted octanol–water partition coefficient (Wildman–Crippen LogP) is 13.4. The lowest BCUT2D eigenvalue weighted by Crippen LogP contribution is -2.60. The molecule has 0 spiro atoms. The second-order valence-corrected chi connectivity index (χ2v) is 21.4. The summed E-state index contributed by atoms with van der Waals surface area (Å²) in [4.78, 5) is 13.2. The molecule has 0 aliphatic carbocycles. The second kappa shape index (κ2) is 51.6. The lowest BCUT2D eigenvalue weighted by Gasteiger charge is -2.40. The topological polar surface area (TPSA) is 189 Å². The average molecular weight is 1050 g/mol. The number of aliphatic hydroxyl groups excluding tert-OH is 7. The Hall–Kier alpha value is -2.19. The van der Waals surface area contributed by atoms with Crippen LogP contribution < -0.4 is 5.32 Å². The average Bonchev–Trinajstić information content (AvgIpc) is 3.40. The Kier molecular flexibility index (Phi) is 48.7. The van der Waals surface area contributed by atoms with Crippen LogP contribution in [0.15, 0.2) is 60.8 Å². The van der Waals surface area contributed by atoms with Crippen LogP contribution in [0.4, 0.5) is 0 Å². The van der Waals surface area contributed by atoms with E-state index in [0.717, 1.165) is 77.0 Å². The Labute approximate surface area is 452 Å². The largest absolute Gasteiger partial charge is 0.394 e. The van der Waals surface area contributed by atoms with E-state index in [2.05, 4.69) is 79.9 Å². The van der Waals surface area contributed by atoms with Gasteiger partial charge in [0.1, 0.15) is 36.6 Å². The van der Waals surface area contributed by atoms with E-state index < -0.39 is 74.2 Å². The number of allylic oxidation sites excluding steroid dienone is 10. The first-order chi connectivity index (χ1) is 36.2. The molecular formula is C63H115NO10. The third kappa shape index (κ3) is 39.2. The molecule has 8 N–H and O–H groups in total. The number of carbonyl (C=O) groups excluding carboxylic acids is 1. The van der Waals surface area contributed by atoms with Crippen molar-refractivity contribution in [3.05, 3.63) is 60.8 Å². The maximum Gasteiger partial charge on any atom is 0.249 e. The van der Waals surface area contributed by atoms with Crippen LogP contribution in [0.1, 0.15) is 264 Å². The lowest BCUT2D eigenvalue weighted by molar-refractivity contribution is -0.303. The monoisotopic (exact) mass is 1050 g/mol. The summed E-state index contributed by atoms with van der Waals surface area (Å²) in [5.74, 6) is -0.722. The molecule has 74 heavy (non-hydrogen) atoms. The maximum absolute atomic E-state index is 13.2. The molecule has 1 heterocycles. The molecule has 0 radical (unpaired) electrons. The number of rotatable bonds is 52. The molecule has 0 saturated carbocycles. The number of amides is 1. The van der Waals surface area contributed by atoms with E-state index in [1.807, 2.05) is 0 Å². The molecule has 9 unspecified atom stereocenters. The Morgan fingerprint density at radius 2 is 0.851 bits per heavy atom. The SMILES string of the molecule is CCCCC/C=C\C/C=C\CCCCCCCCC(O)C(=O)NC(COC1OC(CO)C(O)C(O)C1O)C(O)C(O)CCC/C=C/CC/C=C/CC/C=C/CCCCCCCCCCCCCCCCCCCC. The highest BCUT2D eigenvalue weighted by Gasteiger charge is 2.44. The Morgan fingerprint density at radius 1 is 0.473 bits per heavy atom. The molecule has 1 saturated heterocycles. The summed E-state index contributed by atoms with van der Waals surface area (Å²) >= 11 is 0. The third-order valence-corrected chi connectivity index (χ3v) is 14.5. The first-order valence-electron chi connectivity index (χ1n) is 30.7. The molecule has 1 aliphatic rings. The van der Waals surface area contributed by atoms with Crippen LogP contribution in [0, 0.1) is 0 Å². The van der Waals surface area contributed by atoms with Gasteiger partial charge >= 0.3 is 0 Å². The van der Waals surface area contributed by atoms with Crippen LogP contribution >= 0.6 is 0 Å². The van der Waals surface area contributed by atoms with E-state index in [9.17, 15) is 40.5 Å². The number of ether oxygens (including phenoxy) is 2. The van der Waals surface area contributed by atoms with Crippen LogP contribution in [0.2, 0.25) is 0 Å². The van der Waals surface area contributed by atoms with Gasteiger partial charge in [-0.25, -0.2) is 0 Å². The highest BCUT2D eigenvalue weighted by Crippen LogP contribution is 2.23. The van der Waals surface area contributed by atoms with E-state index in [1.165, 1.54) is 141 Å². The number of nitrogens with one attached hydrogen (secondary N) is 1. The van der Waals surface area contributed by atoms with Crippen molar-refractivity contribution in [3.63, 3.8) is 0 Å². The summed E-state index contributed by atoms with van der Waals surface area (Å²) in [6.07, 6.45) is 55.8. The zero-order valence-corrected chi connectivity index (χ0v) is 47.3. The van der Waals surface area contributed by atoms with Gasteiger partial charge in [0.2, 0.25) is 5.91 Å². The first-order valence-corrected chi connectivity index (χ1v) is 30.7. The molecule has 11 nitrogen and oxygen atoms in total. The van der Waals surface area contributed by atoms with Gasteiger partial charge in [0, 0.05) is 0 Å². The number of carbonyl (C=O) groups is 1. The number of hydrogen-bond donors (Lipinski definition) is 8. The van der Waals surface area contributed by atoms with E-state index in [1.54, 1.807) is 0 Å². The predicted molar refractivity (Wildman–Crippen MR) is 307 cm³/mol. The zero-order chi connectivity index (χ0) is 54.0. The zero-order valence-electron chi connectivity index (χ0n) is 47.3. The van der Waals surface area contributed by atoms with Gasteiger partial charge < -0.3 is 50.5 Å². The smallest absolute Gasteiger partial charge is 0.249 e. The van der Waals surface area contributed by atoms with Gasteiger partial charge in [-0.3, -0.25) is 4.79 Å². The van der Waals surface area contributed by atoms with Crippen molar-refractivity contribution in [2.45, 2.75) is 319 Å². The van der Waals surface area contributed by atoms with Gasteiger partial charge in [-0.2, -0.15) is 0 Å². The fraction of sp³-hybridized carbons (Fsp3) is 0.825. The van der Waals surface area contributed by atoms with Crippen LogP contribution in [-0.2, 0) is 14.3 Å². The van der Waals surface area contributed by atoms with Crippen molar-refractivity contribution < 1.29 is 50.0 Å². The Morgan fingerprint density at radius 3 is 1.31 bits per heavy atom. The summed E-state index contributed by atoms with van der Waals surface area (Å²) in [5.41, 5.74) is 0. The van der Waals surface area contributed by atoms with Crippen molar-refractivity contribution in [1.82, 2.24) is 5.32 Å². The molecule has 1 fully saturated rings. The van der Waals surface area contributed by atoms with Crippen molar-refractivity contribution in [3.8, 4) is 0 Å². The van der Waals surface area contributed by atoms with E-state index in [4.69, 9.17) is 9.47 Å². The molecule has 1 rings (SSSR count). The highest BCUT2D eigenvalue weighted by molar-refractivity contribution is 5.80. The molecule has 0 bridgehead atoms. The quantitative estimate of drug-likeness (QED) is 0.0215. The lowest BCUT2D eigenvalue weighted by atomic mass is 9.98. The number of aliphatic hydroxyl groups is 7. The van der Waals surface area contributed by atoms with Crippen molar-refractivity contribution >= 4 is 5.91 Å². The van der Waals surface area contributed by atoms with Crippen LogP contribution in [0.5, 0.6) is 0 Å². The van der Waals surface area contributed by atoms with Gasteiger partial charge in [0.15, 0.2) is 6.29 Å². The molecule has 0 aromatic carbocycles. The summed E-state index contributed by atoms with van der Waals surface area (Å²) in [5, 5.41) is 76.1. The standard InChI is InChI=1S/C63H115NO10/c1-3-5-7-9-11-13-15-17-19-21-22-23-24-25-26-27-28-29-30-31-32-33-34-35-37-38-40-42-44-46-48-50-55(66)58(68)54(53-73-63-61(71)60(70)59(69)57(52-65)74-63)64-62(72)56(67)51-49-47-45-43-41-39-36-20-18-16-14-12-10-8-6-4-2/h12,14,18,20,31-32,35,37,42,44,54-61,63,65-71H,3-11,13,15-17,19,21-30,33-34,36,38-41,43,45-53H2,1-2H3,(H,64,72)/b14-12-,20-18-,32-31+,37-35+,44-42+. The van der Waals surface area contributed by atoms with Crippen LogP contribution in [-0.4, -0.2) is 110 Å². The molecule has 0 aromatic rings. The van der Waals surface area contributed by atoms with E-state index in [-0.39, 0.29) is 12.8 Å². The fourth-order valence-corrected chi connectivity index (χ4v) is 9.50. The summed E-state index contributed by atoms with van der Waals surface area (Å²) in [7, 11) is 0. The normalized spacial score (nSPS) is 20.3. The molecular weight excluding hydrogens is 931 g/mol. The van der Waals surface area contributed by atoms with Crippen molar-refractivity contribution in [1.29, 1.82) is 0 Å². The van der Waals surface area contributed by atoms with E-state index >= 15 is 0 Å². The second-order valence-electron chi connectivity index (χ2n) is 21.4. The van der Waals surface area contributed by atoms with Gasteiger partial charge in [-0.05, 0) is 96.3 Å². The summed E-state index contributed by atoms with van der Waals surface area (Å²) < 4.78 is 11.1. The molecule has 1 amide bonds. The maximum atomic E-state index is 13.2. The Bertz CT molecular complexity index is 1380. The number of hydrogen-bond acceptors (Lipinski definition) is 10. The van der Waals surface area contributed by atoms with Gasteiger partial charge in [-0.1, -0.05) is 229 Å². The van der Waals surface area contributed by atoms with Gasteiger partial charge in [0.25, 0.3) is 0 Å². The number of unbranched alkanes of at least 4 members (excludes halogenated alkanes) is 30. The minimum Gasteiger partial charge on any atom is -0.394 e. The fourth-order valence-electron chi connectivity index (χ4n) is 9.50. The minimum absolute atomic E-state index is 0.235. The van der Waals surface area contributed by atoms with Crippen molar-refractivity contribution in [2.24, 2.45) is 0 Å². The first kappa shape index (κ1) is 69.8. The molecule has 432 valence electrons.